The fourth-order valence-electron chi connectivity index (χ4n) is 2.87. The predicted molar refractivity (Wildman–Crippen MR) is 97.5 cm³/mol. The van der Waals surface area contributed by atoms with Crippen molar-refractivity contribution in [2.45, 2.75) is 58.3 Å². The molecule has 0 bridgehead atoms. The normalized spacial score (nSPS) is 10.4. The molecule has 1 nitrogen and oxygen atoms in total. The highest BCUT2D eigenvalue weighted by Crippen LogP contribution is 2.14. The largest absolute Gasteiger partial charge is 0.192 e. The summed E-state index contributed by atoms with van der Waals surface area (Å²) in [6.45, 7) is 2.26. The van der Waals surface area contributed by atoms with Gasteiger partial charge in [-0.1, -0.05) is 75.4 Å². The lowest BCUT2D eigenvalue weighted by atomic mass is 10.0. The van der Waals surface area contributed by atoms with Crippen molar-refractivity contribution in [1.29, 1.82) is 5.26 Å². The average molecular weight is 305 g/mol. The smallest absolute Gasteiger partial charge is 0.0991 e. The van der Waals surface area contributed by atoms with Crippen molar-refractivity contribution in [1.82, 2.24) is 0 Å². The van der Waals surface area contributed by atoms with Crippen LogP contribution in [0.4, 0.5) is 0 Å². The molecule has 0 saturated carbocycles. The maximum Gasteiger partial charge on any atom is 0.0991 e. The molecule has 0 fully saturated rings. The molecule has 0 aliphatic heterocycles. The third-order valence-electron chi connectivity index (χ3n) is 4.33. The van der Waals surface area contributed by atoms with Crippen LogP contribution in [-0.4, -0.2) is 0 Å². The molecule has 0 atom stereocenters. The molecule has 0 N–H and O–H groups in total. The first-order chi connectivity index (χ1) is 11.3. The molecule has 120 valence electrons. The van der Waals surface area contributed by atoms with Crippen LogP contribution in [0.25, 0.3) is 0 Å². The summed E-state index contributed by atoms with van der Waals surface area (Å²) in [7, 11) is 0. The molecule has 0 spiro atoms. The third kappa shape index (κ3) is 6.28. The standard InChI is InChI=1S/C22H27N/c1-2-3-4-5-6-7-8-19-9-11-20(12-10-19)17-21-13-15-22(18-23)16-14-21/h9-16H,2-8,17H2,1H3. The van der Waals surface area contributed by atoms with Crippen LogP contribution in [-0.2, 0) is 12.8 Å². The van der Waals surface area contributed by atoms with Crippen LogP contribution in [0.5, 0.6) is 0 Å². The van der Waals surface area contributed by atoms with Gasteiger partial charge in [0.15, 0.2) is 0 Å². The minimum atomic E-state index is 0.725. The van der Waals surface area contributed by atoms with Crippen molar-refractivity contribution in [2.24, 2.45) is 0 Å². The van der Waals surface area contributed by atoms with Gasteiger partial charge in [0.2, 0.25) is 0 Å². The fourth-order valence-corrected chi connectivity index (χ4v) is 2.87. The molecule has 1 heteroatoms. The summed E-state index contributed by atoms with van der Waals surface area (Å²) in [6.07, 6.45) is 10.3. The van der Waals surface area contributed by atoms with Crippen molar-refractivity contribution < 1.29 is 0 Å². The molecule has 0 unspecified atom stereocenters. The lowest BCUT2D eigenvalue weighted by molar-refractivity contribution is 0.607. The third-order valence-corrected chi connectivity index (χ3v) is 4.33. The van der Waals surface area contributed by atoms with E-state index in [9.17, 15) is 0 Å². The first-order valence-corrected chi connectivity index (χ1v) is 8.88. The Morgan fingerprint density at radius 2 is 1.22 bits per heavy atom. The molecule has 0 radical (unpaired) electrons. The first-order valence-electron chi connectivity index (χ1n) is 8.88. The van der Waals surface area contributed by atoms with Gasteiger partial charge in [0.25, 0.3) is 0 Å². The van der Waals surface area contributed by atoms with Gasteiger partial charge in [-0.2, -0.15) is 5.26 Å². The lowest BCUT2D eigenvalue weighted by Crippen LogP contribution is -1.91. The molecule has 0 aliphatic rings. The van der Waals surface area contributed by atoms with Gasteiger partial charge in [-0.05, 0) is 48.1 Å². The zero-order valence-corrected chi connectivity index (χ0v) is 14.2. The molecule has 0 heterocycles. The van der Waals surface area contributed by atoms with Gasteiger partial charge in [0.1, 0.15) is 0 Å². The van der Waals surface area contributed by atoms with E-state index in [0.717, 1.165) is 12.0 Å². The van der Waals surface area contributed by atoms with Crippen molar-refractivity contribution in [3.05, 3.63) is 70.8 Å². The lowest BCUT2D eigenvalue weighted by Gasteiger charge is -2.05. The van der Waals surface area contributed by atoms with E-state index in [0.29, 0.717) is 0 Å². The van der Waals surface area contributed by atoms with Crippen LogP contribution >= 0.6 is 0 Å². The summed E-state index contributed by atoms with van der Waals surface area (Å²) in [6, 6.07) is 19.1. The van der Waals surface area contributed by atoms with E-state index in [2.05, 4.69) is 37.3 Å². The maximum atomic E-state index is 8.83. The van der Waals surface area contributed by atoms with Crippen LogP contribution in [0, 0.1) is 11.3 Å². The Morgan fingerprint density at radius 1 is 0.696 bits per heavy atom. The van der Waals surface area contributed by atoms with Crippen LogP contribution in [0.15, 0.2) is 48.5 Å². The van der Waals surface area contributed by atoms with Crippen molar-refractivity contribution in [3.63, 3.8) is 0 Å². The number of hydrogen-bond donors (Lipinski definition) is 0. The molecule has 2 rings (SSSR count). The highest BCUT2D eigenvalue weighted by atomic mass is 14.2. The van der Waals surface area contributed by atoms with E-state index in [1.807, 2.05) is 24.3 Å². The van der Waals surface area contributed by atoms with Crippen molar-refractivity contribution >= 4 is 0 Å². The zero-order chi connectivity index (χ0) is 16.3. The van der Waals surface area contributed by atoms with Gasteiger partial charge in [-0.3, -0.25) is 0 Å². The Kier molecular flexibility index (Phi) is 7.40. The van der Waals surface area contributed by atoms with Crippen molar-refractivity contribution in [2.75, 3.05) is 0 Å². The average Bonchev–Trinajstić information content (AvgIpc) is 2.60. The molecular weight excluding hydrogens is 278 g/mol. The summed E-state index contributed by atoms with van der Waals surface area (Å²) >= 11 is 0. The fraction of sp³-hybridized carbons (Fsp3) is 0.409. The molecule has 0 amide bonds. The quantitative estimate of drug-likeness (QED) is 0.517. The number of rotatable bonds is 9. The first kappa shape index (κ1) is 17.3. The summed E-state index contributed by atoms with van der Waals surface area (Å²) in [5.74, 6) is 0. The Hall–Kier alpha value is -2.07. The Labute approximate surface area is 141 Å². The summed E-state index contributed by atoms with van der Waals surface area (Å²) in [4.78, 5) is 0. The molecule has 2 aromatic carbocycles. The van der Waals surface area contributed by atoms with E-state index >= 15 is 0 Å². The predicted octanol–water partition coefficient (Wildman–Crippen LogP) is 6.05. The second-order valence-corrected chi connectivity index (χ2v) is 6.32. The molecule has 0 aliphatic carbocycles. The SMILES string of the molecule is CCCCCCCCc1ccc(Cc2ccc(C#N)cc2)cc1. The van der Waals surface area contributed by atoms with Gasteiger partial charge < -0.3 is 0 Å². The van der Waals surface area contributed by atoms with E-state index in [-0.39, 0.29) is 0 Å². The van der Waals surface area contributed by atoms with Gasteiger partial charge in [-0.25, -0.2) is 0 Å². The van der Waals surface area contributed by atoms with Gasteiger partial charge in [-0.15, -0.1) is 0 Å². The highest BCUT2D eigenvalue weighted by molar-refractivity contribution is 5.34. The number of unbranched alkanes of at least 4 members (excludes halogenated alkanes) is 5. The van der Waals surface area contributed by atoms with E-state index in [1.54, 1.807) is 0 Å². The molecule has 23 heavy (non-hydrogen) atoms. The number of hydrogen-bond acceptors (Lipinski definition) is 1. The molecular formula is C22H27N. The second kappa shape index (κ2) is 9.85. The van der Waals surface area contributed by atoms with Gasteiger partial charge in [0.05, 0.1) is 11.6 Å². The van der Waals surface area contributed by atoms with E-state index in [4.69, 9.17) is 5.26 Å². The molecule has 0 saturated heterocycles. The Bertz CT molecular complexity index is 602. The summed E-state index contributed by atoms with van der Waals surface area (Å²) in [5, 5.41) is 8.83. The number of aryl methyl sites for hydroxylation is 1. The Morgan fingerprint density at radius 3 is 1.83 bits per heavy atom. The summed E-state index contributed by atoms with van der Waals surface area (Å²) in [5.41, 5.74) is 4.76. The highest BCUT2D eigenvalue weighted by Gasteiger charge is 1.99. The number of benzene rings is 2. The second-order valence-electron chi connectivity index (χ2n) is 6.32. The minimum absolute atomic E-state index is 0.725. The van der Waals surface area contributed by atoms with E-state index in [1.165, 1.54) is 61.6 Å². The van der Waals surface area contributed by atoms with E-state index < -0.39 is 0 Å². The monoisotopic (exact) mass is 305 g/mol. The van der Waals surface area contributed by atoms with Gasteiger partial charge >= 0.3 is 0 Å². The minimum Gasteiger partial charge on any atom is -0.192 e. The molecule has 0 aromatic heterocycles. The summed E-state index contributed by atoms with van der Waals surface area (Å²) < 4.78 is 0. The number of nitrogens with zero attached hydrogens (tertiary/aromatic N) is 1. The van der Waals surface area contributed by atoms with Crippen LogP contribution < -0.4 is 0 Å². The maximum absolute atomic E-state index is 8.83. The zero-order valence-electron chi connectivity index (χ0n) is 14.2. The van der Waals surface area contributed by atoms with Crippen molar-refractivity contribution in [3.8, 4) is 6.07 Å². The molecule has 2 aromatic rings. The van der Waals surface area contributed by atoms with Crippen LogP contribution in [0.2, 0.25) is 0 Å². The number of nitriles is 1. The van der Waals surface area contributed by atoms with Crippen LogP contribution in [0.3, 0.4) is 0 Å². The topological polar surface area (TPSA) is 23.8 Å². The Balaban J connectivity index is 1.76. The van der Waals surface area contributed by atoms with Gasteiger partial charge in [0, 0.05) is 0 Å². The van der Waals surface area contributed by atoms with Crippen LogP contribution in [0.1, 0.15) is 67.7 Å².